The average Bonchev–Trinajstić information content (AvgIpc) is 3.45. The molecule has 0 spiro atoms. The minimum Gasteiger partial charge on any atom is -0.371 e. The van der Waals surface area contributed by atoms with Crippen LogP contribution in [0.15, 0.2) is 60.7 Å². The van der Waals surface area contributed by atoms with Gasteiger partial charge in [0, 0.05) is 13.1 Å². The van der Waals surface area contributed by atoms with Gasteiger partial charge in [0.1, 0.15) is 0 Å². The Balaban J connectivity index is 1.56. The van der Waals surface area contributed by atoms with Gasteiger partial charge in [-0.05, 0) is 11.1 Å². The fraction of sp³-hybridized carbons (Fsp3) is 0.368. The maximum Gasteiger partial charge on any atom is 0.0991 e. The molecule has 2 atom stereocenters. The van der Waals surface area contributed by atoms with Crippen molar-refractivity contribution in [2.45, 2.75) is 31.3 Å². The predicted octanol–water partition coefficient (Wildman–Crippen LogP) is 2.86. The van der Waals surface area contributed by atoms with Crippen molar-refractivity contribution >= 4 is 0 Å². The van der Waals surface area contributed by atoms with Crippen molar-refractivity contribution in [3.05, 3.63) is 71.8 Å². The normalized spacial score (nSPS) is 23.0. The first-order chi connectivity index (χ1) is 10.9. The van der Waals surface area contributed by atoms with Crippen molar-refractivity contribution in [3.8, 4) is 0 Å². The van der Waals surface area contributed by atoms with E-state index in [-0.39, 0.29) is 0 Å². The van der Waals surface area contributed by atoms with Crippen LogP contribution < -0.4 is 0 Å². The highest BCUT2D eigenvalue weighted by molar-refractivity contribution is 5.18. The zero-order valence-electron chi connectivity index (χ0n) is 12.6. The van der Waals surface area contributed by atoms with E-state index in [1.54, 1.807) is 0 Å². The van der Waals surface area contributed by atoms with E-state index >= 15 is 0 Å². The van der Waals surface area contributed by atoms with E-state index in [4.69, 9.17) is 9.47 Å². The smallest absolute Gasteiger partial charge is 0.0991 e. The van der Waals surface area contributed by atoms with Gasteiger partial charge in [0.05, 0.1) is 31.5 Å². The molecule has 0 aromatic heterocycles. The Morgan fingerprint density at radius 1 is 0.773 bits per heavy atom. The Morgan fingerprint density at radius 3 is 1.55 bits per heavy atom. The molecule has 0 unspecified atom stereocenters. The van der Waals surface area contributed by atoms with Gasteiger partial charge in [0.25, 0.3) is 0 Å². The van der Waals surface area contributed by atoms with E-state index in [9.17, 15) is 0 Å². The lowest BCUT2D eigenvalue weighted by Gasteiger charge is -2.30. The van der Waals surface area contributed by atoms with Gasteiger partial charge in [-0.1, -0.05) is 60.7 Å². The Morgan fingerprint density at radius 2 is 1.18 bits per heavy atom. The number of benzene rings is 2. The number of rotatable bonds is 7. The van der Waals surface area contributed by atoms with Crippen molar-refractivity contribution in [3.63, 3.8) is 0 Å². The minimum atomic E-state index is 0.333. The number of epoxide rings is 2. The summed E-state index contributed by atoms with van der Waals surface area (Å²) < 4.78 is 11.2. The number of hydrogen-bond acceptors (Lipinski definition) is 3. The zero-order valence-corrected chi connectivity index (χ0v) is 12.6. The summed E-state index contributed by atoms with van der Waals surface area (Å²) in [6.07, 6.45) is 0.667. The molecular formula is C19H21NO2. The molecule has 2 aromatic rings. The molecule has 4 rings (SSSR count). The SMILES string of the molecule is c1ccc(CN(Cc2ccccc2)C([C@H]2CO2)[C@H]2CO2)cc1. The van der Waals surface area contributed by atoms with Gasteiger partial charge in [-0.2, -0.15) is 0 Å². The van der Waals surface area contributed by atoms with Crippen molar-refractivity contribution in [2.24, 2.45) is 0 Å². The summed E-state index contributed by atoms with van der Waals surface area (Å²) in [5.41, 5.74) is 2.68. The maximum absolute atomic E-state index is 5.61. The summed E-state index contributed by atoms with van der Waals surface area (Å²) in [6, 6.07) is 21.7. The van der Waals surface area contributed by atoms with E-state index in [2.05, 4.69) is 65.6 Å². The molecular weight excluding hydrogens is 274 g/mol. The second-order valence-electron chi connectivity index (χ2n) is 6.11. The van der Waals surface area contributed by atoms with Crippen molar-refractivity contribution in [1.82, 2.24) is 4.90 Å². The summed E-state index contributed by atoms with van der Waals surface area (Å²) in [5.74, 6) is 0. The van der Waals surface area contributed by atoms with Crippen LogP contribution >= 0.6 is 0 Å². The first-order valence-electron chi connectivity index (χ1n) is 7.95. The Hall–Kier alpha value is -1.68. The molecule has 2 aliphatic heterocycles. The van der Waals surface area contributed by atoms with Gasteiger partial charge in [0.2, 0.25) is 0 Å². The quantitative estimate of drug-likeness (QED) is 0.735. The summed E-state index contributed by atoms with van der Waals surface area (Å²) in [4.78, 5) is 2.51. The van der Waals surface area contributed by atoms with Gasteiger partial charge >= 0.3 is 0 Å². The van der Waals surface area contributed by atoms with Crippen molar-refractivity contribution in [1.29, 1.82) is 0 Å². The van der Waals surface area contributed by atoms with Crippen LogP contribution in [0, 0.1) is 0 Å². The maximum atomic E-state index is 5.61. The third kappa shape index (κ3) is 3.38. The first kappa shape index (κ1) is 13.9. The largest absolute Gasteiger partial charge is 0.371 e. The molecule has 0 saturated carbocycles. The van der Waals surface area contributed by atoms with E-state index < -0.39 is 0 Å². The van der Waals surface area contributed by atoms with Gasteiger partial charge in [-0.15, -0.1) is 0 Å². The average molecular weight is 295 g/mol. The van der Waals surface area contributed by atoms with E-state index in [1.165, 1.54) is 11.1 Å². The van der Waals surface area contributed by atoms with E-state index in [0.29, 0.717) is 18.2 Å². The molecule has 0 bridgehead atoms. The van der Waals surface area contributed by atoms with Gasteiger partial charge in [-0.25, -0.2) is 0 Å². The number of nitrogens with zero attached hydrogens (tertiary/aromatic N) is 1. The number of hydrogen-bond donors (Lipinski definition) is 0. The lowest BCUT2D eigenvalue weighted by molar-refractivity contribution is 0.117. The summed E-state index contributed by atoms with van der Waals surface area (Å²) >= 11 is 0. The molecule has 3 heteroatoms. The molecule has 114 valence electrons. The molecule has 0 amide bonds. The molecule has 2 saturated heterocycles. The minimum absolute atomic E-state index is 0.333. The van der Waals surface area contributed by atoms with Crippen LogP contribution in [0.2, 0.25) is 0 Å². The second kappa shape index (κ2) is 6.21. The van der Waals surface area contributed by atoms with Crippen molar-refractivity contribution in [2.75, 3.05) is 13.2 Å². The molecule has 0 N–H and O–H groups in total. The monoisotopic (exact) mass is 295 g/mol. The van der Waals surface area contributed by atoms with Crippen LogP contribution in [0.4, 0.5) is 0 Å². The Labute approximate surface area is 131 Å². The van der Waals surface area contributed by atoms with Crippen LogP contribution in [0.1, 0.15) is 11.1 Å². The highest BCUT2D eigenvalue weighted by atomic mass is 16.6. The standard InChI is InChI=1S/C19H21NO2/c1-3-7-15(8-4-1)11-20(12-16-9-5-2-6-10-16)19(17-13-21-17)18-14-22-18/h1-10,17-19H,11-14H2/t17-,18-/m1/s1. The molecule has 2 fully saturated rings. The lowest BCUT2D eigenvalue weighted by Crippen LogP contribution is -2.42. The van der Waals surface area contributed by atoms with E-state index in [0.717, 1.165) is 26.3 Å². The Bertz CT molecular complexity index is 540. The first-order valence-corrected chi connectivity index (χ1v) is 7.95. The van der Waals surface area contributed by atoms with Crippen LogP contribution in [0.25, 0.3) is 0 Å². The van der Waals surface area contributed by atoms with Crippen LogP contribution in [0.3, 0.4) is 0 Å². The molecule has 2 aliphatic rings. The van der Waals surface area contributed by atoms with Crippen LogP contribution in [-0.2, 0) is 22.6 Å². The van der Waals surface area contributed by atoms with Gasteiger partial charge < -0.3 is 9.47 Å². The summed E-state index contributed by atoms with van der Waals surface area (Å²) in [6.45, 7) is 3.59. The fourth-order valence-electron chi connectivity index (χ4n) is 3.12. The molecule has 2 aromatic carbocycles. The van der Waals surface area contributed by atoms with Gasteiger partial charge in [-0.3, -0.25) is 4.90 Å². The van der Waals surface area contributed by atoms with Crippen LogP contribution in [-0.4, -0.2) is 36.4 Å². The molecule has 2 heterocycles. The summed E-state index contributed by atoms with van der Waals surface area (Å²) in [7, 11) is 0. The molecule has 0 aliphatic carbocycles. The zero-order chi connectivity index (χ0) is 14.8. The highest BCUT2D eigenvalue weighted by Crippen LogP contribution is 2.31. The third-order valence-electron chi connectivity index (χ3n) is 4.36. The molecule has 0 radical (unpaired) electrons. The number of ether oxygens (including phenoxy) is 2. The fourth-order valence-corrected chi connectivity index (χ4v) is 3.12. The second-order valence-corrected chi connectivity index (χ2v) is 6.11. The molecule has 3 nitrogen and oxygen atoms in total. The lowest BCUT2D eigenvalue weighted by atomic mass is 10.1. The topological polar surface area (TPSA) is 28.3 Å². The third-order valence-corrected chi connectivity index (χ3v) is 4.36. The van der Waals surface area contributed by atoms with Crippen LogP contribution in [0.5, 0.6) is 0 Å². The highest BCUT2D eigenvalue weighted by Gasteiger charge is 2.47. The predicted molar refractivity (Wildman–Crippen MR) is 85.4 cm³/mol. The Kier molecular flexibility index (Phi) is 3.94. The molecule has 22 heavy (non-hydrogen) atoms. The summed E-state index contributed by atoms with van der Waals surface area (Å²) in [5, 5.41) is 0. The van der Waals surface area contributed by atoms with Gasteiger partial charge in [0.15, 0.2) is 0 Å². The van der Waals surface area contributed by atoms with E-state index in [1.807, 2.05) is 0 Å². The van der Waals surface area contributed by atoms with Crippen molar-refractivity contribution < 1.29 is 9.47 Å².